The van der Waals surface area contributed by atoms with E-state index in [9.17, 15) is 9.59 Å². The lowest BCUT2D eigenvalue weighted by Crippen LogP contribution is -2.54. The number of carbonyl (C=O) groups excluding carboxylic acids is 2. The third kappa shape index (κ3) is 12.6. The highest BCUT2D eigenvalue weighted by atomic mass is 28.4. The van der Waals surface area contributed by atoms with Crippen LogP contribution >= 0.6 is 0 Å². The number of benzene rings is 1. The average molecular weight is 608 g/mol. The second-order valence-corrected chi connectivity index (χ2v) is 25.6. The molecule has 8 heteroatoms. The second-order valence-electron chi connectivity index (χ2n) is 16.1. The van der Waals surface area contributed by atoms with Gasteiger partial charge in [-0.25, -0.2) is 4.79 Å². The van der Waals surface area contributed by atoms with E-state index in [0.717, 1.165) is 5.56 Å². The fourth-order valence-corrected chi connectivity index (χ4v) is 6.42. The van der Waals surface area contributed by atoms with Gasteiger partial charge in [0.1, 0.15) is 5.60 Å². The zero-order valence-corrected chi connectivity index (χ0v) is 30.9. The van der Waals surface area contributed by atoms with Gasteiger partial charge in [-0.1, -0.05) is 85.7 Å². The van der Waals surface area contributed by atoms with Gasteiger partial charge in [0, 0.05) is 0 Å². The molecule has 0 aliphatic carbocycles. The number of ether oxygens (including phenoxy) is 1. The molecule has 0 fully saturated rings. The van der Waals surface area contributed by atoms with Gasteiger partial charge < -0.3 is 18.9 Å². The van der Waals surface area contributed by atoms with Crippen molar-refractivity contribution in [2.24, 2.45) is 11.8 Å². The van der Waals surface area contributed by atoms with Crippen LogP contribution in [0, 0.1) is 11.8 Å². The maximum atomic E-state index is 13.9. The molecule has 6 nitrogen and oxygen atoms in total. The van der Waals surface area contributed by atoms with Crippen molar-refractivity contribution < 1.29 is 23.2 Å². The SMILES string of the molecule is CC(C)C[C@H](C[C@@H](O[Si](C)(C)C(C)(C)C)[C@H](Cc1ccccc1)NC(=O)OC(C)(C)C)C(=O)O[Si](C)(C)C(C)(C)C. The third-order valence-electron chi connectivity index (χ3n) is 8.47. The summed E-state index contributed by atoms with van der Waals surface area (Å²) in [6.45, 7) is 31.6. The van der Waals surface area contributed by atoms with Crippen LogP contribution in [0.15, 0.2) is 30.3 Å². The van der Waals surface area contributed by atoms with Crippen LogP contribution in [0.25, 0.3) is 0 Å². The van der Waals surface area contributed by atoms with E-state index in [1.807, 2.05) is 39.0 Å². The van der Waals surface area contributed by atoms with Crippen LogP contribution in [0.1, 0.15) is 94.6 Å². The summed E-state index contributed by atoms with van der Waals surface area (Å²) in [6, 6.07) is 9.72. The molecule has 1 N–H and O–H groups in total. The van der Waals surface area contributed by atoms with E-state index in [4.69, 9.17) is 13.6 Å². The molecule has 0 saturated carbocycles. The Labute approximate surface area is 254 Å². The van der Waals surface area contributed by atoms with Crippen molar-refractivity contribution >= 4 is 28.7 Å². The molecule has 0 aliphatic rings. The molecular formula is C33H61NO5Si2. The van der Waals surface area contributed by atoms with Crippen molar-refractivity contribution in [3.05, 3.63) is 35.9 Å². The topological polar surface area (TPSA) is 73.9 Å². The van der Waals surface area contributed by atoms with E-state index in [2.05, 4.69) is 99.0 Å². The minimum absolute atomic E-state index is 0.0519. The summed E-state index contributed by atoms with van der Waals surface area (Å²) in [6.07, 6.45) is 0.831. The highest BCUT2D eigenvalue weighted by molar-refractivity contribution is 6.75. The van der Waals surface area contributed by atoms with E-state index >= 15 is 0 Å². The van der Waals surface area contributed by atoms with Gasteiger partial charge in [-0.15, -0.1) is 0 Å². The molecule has 0 radical (unpaired) electrons. The molecule has 1 amide bonds. The number of hydrogen-bond acceptors (Lipinski definition) is 5. The fraction of sp³-hybridized carbons (Fsp3) is 0.758. The molecule has 41 heavy (non-hydrogen) atoms. The number of alkyl carbamates (subject to hydrolysis) is 1. The maximum absolute atomic E-state index is 13.9. The largest absolute Gasteiger partial charge is 0.519 e. The first-order chi connectivity index (χ1) is 18.3. The molecule has 0 bridgehead atoms. The molecular weight excluding hydrogens is 547 g/mol. The molecule has 1 rings (SSSR count). The third-order valence-corrected chi connectivity index (χ3v) is 17.3. The summed E-state index contributed by atoms with van der Waals surface area (Å²) >= 11 is 0. The standard InChI is InChI=1S/C33H61NO5Si2/c1-24(2)21-26(29(35)39-41(14,15)33(9,10)11)23-28(38-40(12,13)32(6,7)8)27(22-25-19-17-16-18-20-25)34-30(36)37-31(3,4)5/h16-20,24,26-28H,21-23H2,1-15H3,(H,34,36)/t26-,27+,28-/m1/s1. The van der Waals surface area contributed by atoms with Crippen LogP contribution in [-0.4, -0.2) is 46.4 Å². The Bertz CT molecular complexity index is 972. The van der Waals surface area contributed by atoms with Gasteiger partial charge in [0.15, 0.2) is 8.32 Å². The number of nitrogens with one attached hydrogen (secondary N) is 1. The van der Waals surface area contributed by atoms with Crippen LogP contribution in [-0.2, 0) is 24.8 Å². The Balaban J connectivity index is 3.59. The van der Waals surface area contributed by atoms with Crippen molar-refractivity contribution in [3.63, 3.8) is 0 Å². The lowest BCUT2D eigenvalue weighted by atomic mass is 9.88. The Morgan fingerprint density at radius 1 is 0.805 bits per heavy atom. The molecule has 236 valence electrons. The zero-order chi connectivity index (χ0) is 32.0. The number of carbonyl (C=O) groups is 2. The fourth-order valence-electron chi connectivity index (χ4n) is 4.08. The van der Waals surface area contributed by atoms with Crippen molar-refractivity contribution in [3.8, 4) is 0 Å². The van der Waals surface area contributed by atoms with Crippen molar-refractivity contribution in [2.75, 3.05) is 0 Å². The lowest BCUT2D eigenvalue weighted by molar-refractivity contribution is -0.141. The summed E-state index contributed by atoms with van der Waals surface area (Å²) in [4.78, 5) is 27.0. The summed E-state index contributed by atoms with van der Waals surface area (Å²) in [5.41, 5.74) is 0.450. The Morgan fingerprint density at radius 3 is 1.76 bits per heavy atom. The van der Waals surface area contributed by atoms with E-state index in [0.29, 0.717) is 25.2 Å². The molecule has 0 heterocycles. The highest BCUT2D eigenvalue weighted by Crippen LogP contribution is 2.40. The smallest absolute Gasteiger partial charge is 0.407 e. The summed E-state index contributed by atoms with van der Waals surface area (Å²) < 4.78 is 19.1. The average Bonchev–Trinajstić information content (AvgIpc) is 2.74. The minimum Gasteiger partial charge on any atom is -0.519 e. The highest BCUT2D eigenvalue weighted by Gasteiger charge is 2.45. The molecule has 0 unspecified atom stereocenters. The monoisotopic (exact) mass is 607 g/mol. The van der Waals surface area contributed by atoms with E-state index in [-0.39, 0.29) is 22.0 Å². The van der Waals surface area contributed by atoms with Gasteiger partial charge in [-0.2, -0.15) is 0 Å². The van der Waals surface area contributed by atoms with Gasteiger partial charge in [-0.05, 0) is 87.8 Å². The number of hydrogen-bond donors (Lipinski definition) is 1. The summed E-state index contributed by atoms with van der Waals surface area (Å²) in [5, 5.41) is 3.02. The van der Waals surface area contributed by atoms with E-state index in [1.54, 1.807) is 0 Å². The second kappa shape index (κ2) is 14.2. The molecule has 0 saturated heterocycles. The van der Waals surface area contributed by atoms with Crippen molar-refractivity contribution in [1.29, 1.82) is 0 Å². The number of rotatable bonds is 12. The predicted octanol–water partition coefficient (Wildman–Crippen LogP) is 9.11. The molecule has 3 atom stereocenters. The van der Waals surface area contributed by atoms with Crippen molar-refractivity contribution in [1.82, 2.24) is 5.32 Å². The Hall–Kier alpha value is -1.65. The maximum Gasteiger partial charge on any atom is 0.407 e. The van der Waals surface area contributed by atoms with Gasteiger partial charge in [0.25, 0.3) is 14.3 Å². The first kappa shape index (κ1) is 37.4. The van der Waals surface area contributed by atoms with Crippen LogP contribution in [0.4, 0.5) is 4.79 Å². The van der Waals surface area contributed by atoms with Gasteiger partial charge in [0.2, 0.25) is 0 Å². The van der Waals surface area contributed by atoms with Crippen LogP contribution in [0.3, 0.4) is 0 Å². The van der Waals surface area contributed by atoms with Gasteiger partial charge in [0.05, 0.1) is 18.1 Å². The first-order valence-corrected chi connectivity index (χ1v) is 21.1. The van der Waals surface area contributed by atoms with Crippen LogP contribution < -0.4 is 5.32 Å². The first-order valence-electron chi connectivity index (χ1n) is 15.3. The van der Waals surface area contributed by atoms with Crippen LogP contribution in [0.2, 0.25) is 36.3 Å². The predicted molar refractivity (Wildman–Crippen MR) is 176 cm³/mol. The summed E-state index contributed by atoms with van der Waals surface area (Å²) in [5.74, 6) is -0.200. The van der Waals surface area contributed by atoms with Gasteiger partial charge in [-0.3, -0.25) is 4.79 Å². The molecule has 0 spiro atoms. The van der Waals surface area contributed by atoms with Crippen molar-refractivity contribution in [2.45, 2.75) is 149 Å². The van der Waals surface area contributed by atoms with E-state index < -0.39 is 40.5 Å². The molecule has 1 aromatic rings. The normalized spacial score (nSPS) is 15.7. The van der Waals surface area contributed by atoms with Crippen LogP contribution in [0.5, 0.6) is 0 Å². The Morgan fingerprint density at radius 2 is 1.32 bits per heavy atom. The zero-order valence-electron chi connectivity index (χ0n) is 28.9. The van der Waals surface area contributed by atoms with Gasteiger partial charge >= 0.3 is 6.09 Å². The quantitative estimate of drug-likeness (QED) is 0.240. The summed E-state index contributed by atoms with van der Waals surface area (Å²) in [7, 11) is -4.62. The van der Waals surface area contributed by atoms with E-state index in [1.165, 1.54) is 0 Å². The molecule has 1 aromatic carbocycles. The minimum atomic E-state index is -2.32. The lowest BCUT2D eigenvalue weighted by Gasteiger charge is -2.43. The molecule has 0 aliphatic heterocycles. The number of amides is 1. The molecule has 0 aromatic heterocycles. The Kier molecular flexibility index (Phi) is 13.0.